The van der Waals surface area contributed by atoms with E-state index in [-0.39, 0.29) is 0 Å². The normalized spacial score (nSPS) is 43.4. The molecule has 2 aliphatic carbocycles. The van der Waals surface area contributed by atoms with Crippen molar-refractivity contribution in [2.45, 2.75) is 6.42 Å². The molecule has 0 saturated heterocycles. The fourth-order valence-electron chi connectivity index (χ4n) is 1.23. The Morgan fingerprint density at radius 1 is 1.14 bits per heavy atom. The van der Waals surface area contributed by atoms with Gasteiger partial charge in [-0.05, 0) is 12.3 Å². The summed E-state index contributed by atoms with van der Waals surface area (Å²) in [7, 11) is 0. The molecule has 0 saturated carbocycles. The molecule has 0 radical (unpaired) electrons. The smallest absolute Gasteiger partial charge is 0.00125 e. The molecule has 0 heterocycles. The Bertz CT molecular complexity index is 131. The van der Waals surface area contributed by atoms with Gasteiger partial charge in [0.05, 0.1) is 0 Å². The van der Waals surface area contributed by atoms with E-state index in [0.717, 1.165) is 11.8 Å². The first-order chi connectivity index (χ1) is 3.47. The Balaban J connectivity index is 2.29. The SMILES string of the molecule is C1=C[C@@H]2C=C[C@@H]2C1. The maximum Gasteiger partial charge on any atom is 0.00125 e. The molecule has 36 valence electrons. The minimum atomic E-state index is 0.833. The van der Waals surface area contributed by atoms with Gasteiger partial charge in [0, 0.05) is 5.92 Å². The maximum atomic E-state index is 2.30. The van der Waals surface area contributed by atoms with Gasteiger partial charge in [-0.15, -0.1) is 0 Å². The fourth-order valence-corrected chi connectivity index (χ4v) is 1.23. The lowest BCUT2D eigenvalue weighted by molar-refractivity contribution is 0.544. The summed E-state index contributed by atoms with van der Waals surface area (Å²) < 4.78 is 0. The van der Waals surface area contributed by atoms with Gasteiger partial charge in [0.15, 0.2) is 0 Å². The Labute approximate surface area is 43.5 Å². The Kier molecular flexibility index (Phi) is 0.498. The van der Waals surface area contributed by atoms with E-state index in [1.54, 1.807) is 0 Å². The van der Waals surface area contributed by atoms with Crippen LogP contribution in [-0.4, -0.2) is 0 Å². The molecule has 0 nitrogen and oxygen atoms in total. The van der Waals surface area contributed by atoms with Gasteiger partial charge < -0.3 is 0 Å². The molecule has 0 fully saturated rings. The summed E-state index contributed by atoms with van der Waals surface area (Å²) in [5.74, 6) is 1.74. The van der Waals surface area contributed by atoms with Crippen LogP contribution in [0.3, 0.4) is 0 Å². The van der Waals surface area contributed by atoms with Crippen LogP contribution in [0.4, 0.5) is 0 Å². The van der Waals surface area contributed by atoms with Crippen LogP contribution in [-0.2, 0) is 0 Å². The molecule has 0 amide bonds. The van der Waals surface area contributed by atoms with E-state index in [1.807, 2.05) is 0 Å². The molecule has 0 aromatic heterocycles. The first-order valence-corrected chi connectivity index (χ1v) is 2.82. The number of hydrogen-bond acceptors (Lipinski definition) is 0. The topological polar surface area (TPSA) is 0 Å². The second-order valence-corrected chi connectivity index (χ2v) is 2.29. The van der Waals surface area contributed by atoms with Gasteiger partial charge in [0.25, 0.3) is 0 Å². The molecule has 2 rings (SSSR count). The summed E-state index contributed by atoms with van der Waals surface area (Å²) in [6.07, 6.45) is 10.4. The zero-order valence-electron chi connectivity index (χ0n) is 4.17. The molecule has 0 aliphatic heterocycles. The number of rotatable bonds is 0. The van der Waals surface area contributed by atoms with Crippen LogP contribution in [0.5, 0.6) is 0 Å². The molecule has 0 heteroatoms. The van der Waals surface area contributed by atoms with E-state index in [1.165, 1.54) is 6.42 Å². The highest BCUT2D eigenvalue weighted by molar-refractivity contribution is 5.22. The third kappa shape index (κ3) is 0.317. The van der Waals surface area contributed by atoms with Crippen molar-refractivity contribution < 1.29 is 0 Å². The van der Waals surface area contributed by atoms with Crippen LogP contribution >= 0.6 is 0 Å². The lowest BCUT2D eigenvalue weighted by atomic mass is 9.85. The minimum Gasteiger partial charge on any atom is -0.0873 e. The molecule has 0 N–H and O–H groups in total. The first kappa shape index (κ1) is 3.48. The Morgan fingerprint density at radius 2 is 2.14 bits per heavy atom. The average Bonchev–Trinajstić information content (AvgIpc) is 1.85. The van der Waals surface area contributed by atoms with Gasteiger partial charge >= 0.3 is 0 Å². The number of allylic oxidation sites excluding steroid dienone is 4. The molecule has 7 heavy (non-hydrogen) atoms. The van der Waals surface area contributed by atoms with E-state index >= 15 is 0 Å². The highest BCUT2D eigenvalue weighted by Gasteiger charge is 2.23. The molecule has 0 bridgehead atoms. The zero-order valence-corrected chi connectivity index (χ0v) is 4.17. The number of fused-ring (bicyclic) bond motifs is 1. The highest BCUT2D eigenvalue weighted by Crippen LogP contribution is 2.34. The quantitative estimate of drug-likeness (QED) is 0.399. The second kappa shape index (κ2) is 1.00. The van der Waals surface area contributed by atoms with Gasteiger partial charge in [-0.3, -0.25) is 0 Å². The third-order valence-electron chi connectivity index (χ3n) is 1.84. The Hall–Kier alpha value is -0.520. The van der Waals surface area contributed by atoms with Crippen LogP contribution in [0, 0.1) is 11.8 Å². The number of hydrogen-bond donors (Lipinski definition) is 0. The van der Waals surface area contributed by atoms with Crippen molar-refractivity contribution >= 4 is 0 Å². The van der Waals surface area contributed by atoms with Crippen molar-refractivity contribution in [2.75, 3.05) is 0 Å². The molecule has 0 unspecified atom stereocenters. The predicted octanol–water partition coefficient (Wildman–Crippen LogP) is 1.75. The predicted molar refractivity (Wildman–Crippen MR) is 29.9 cm³/mol. The highest BCUT2D eigenvalue weighted by atomic mass is 14.3. The monoisotopic (exact) mass is 92.1 g/mol. The maximum absolute atomic E-state index is 2.30. The van der Waals surface area contributed by atoms with Crippen molar-refractivity contribution in [2.24, 2.45) is 11.8 Å². The van der Waals surface area contributed by atoms with Crippen molar-refractivity contribution in [1.29, 1.82) is 0 Å². The summed E-state index contributed by atoms with van der Waals surface area (Å²) >= 11 is 0. The molecule has 2 aliphatic rings. The van der Waals surface area contributed by atoms with Crippen LogP contribution < -0.4 is 0 Å². The van der Waals surface area contributed by atoms with Gasteiger partial charge in [-0.1, -0.05) is 24.3 Å². The lowest BCUT2D eigenvalue weighted by Crippen LogP contribution is -2.10. The Morgan fingerprint density at radius 3 is 2.43 bits per heavy atom. The van der Waals surface area contributed by atoms with Crippen LogP contribution in [0.25, 0.3) is 0 Å². The van der Waals surface area contributed by atoms with E-state index in [2.05, 4.69) is 24.3 Å². The molecular weight excluding hydrogens is 84.1 g/mol. The van der Waals surface area contributed by atoms with Crippen LogP contribution in [0.2, 0.25) is 0 Å². The standard InChI is InChI=1S/C7H8/c1-2-6-4-5-7(6)3-1/h1-2,4-7H,3H2/t6-,7+/m1/s1. The molecule has 0 aromatic carbocycles. The van der Waals surface area contributed by atoms with Crippen molar-refractivity contribution in [3.05, 3.63) is 24.3 Å². The van der Waals surface area contributed by atoms with Gasteiger partial charge in [-0.2, -0.15) is 0 Å². The van der Waals surface area contributed by atoms with E-state index < -0.39 is 0 Å². The summed E-state index contributed by atoms with van der Waals surface area (Å²) in [5.41, 5.74) is 0. The van der Waals surface area contributed by atoms with Crippen molar-refractivity contribution in [3.8, 4) is 0 Å². The van der Waals surface area contributed by atoms with Crippen molar-refractivity contribution in [1.82, 2.24) is 0 Å². The summed E-state index contributed by atoms with van der Waals surface area (Å²) in [4.78, 5) is 0. The van der Waals surface area contributed by atoms with Crippen LogP contribution in [0.15, 0.2) is 24.3 Å². The second-order valence-electron chi connectivity index (χ2n) is 2.29. The van der Waals surface area contributed by atoms with Gasteiger partial charge in [0.2, 0.25) is 0 Å². The van der Waals surface area contributed by atoms with E-state index in [9.17, 15) is 0 Å². The molecule has 0 aromatic rings. The van der Waals surface area contributed by atoms with E-state index in [0.29, 0.717) is 0 Å². The zero-order chi connectivity index (χ0) is 4.69. The van der Waals surface area contributed by atoms with E-state index in [4.69, 9.17) is 0 Å². The minimum absolute atomic E-state index is 0.833. The van der Waals surface area contributed by atoms with Gasteiger partial charge in [-0.25, -0.2) is 0 Å². The molecule has 0 spiro atoms. The largest absolute Gasteiger partial charge is 0.0873 e. The van der Waals surface area contributed by atoms with Gasteiger partial charge in [0.1, 0.15) is 0 Å². The first-order valence-electron chi connectivity index (χ1n) is 2.82. The van der Waals surface area contributed by atoms with Crippen LogP contribution in [0.1, 0.15) is 6.42 Å². The molecular formula is C7H8. The summed E-state index contributed by atoms with van der Waals surface area (Å²) in [6, 6.07) is 0. The lowest BCUT2D eigenvalue weighted by Gasteiger charge is -2.19. The summed E-state index contributed by atoms with van der Waals surface area (Å²) in [6.45, 7) is 0. The van der Waals surface area contributed by atoms with Crippen molar-refractivity contribution in [3.63, 3.8) is 0 Å². The summed E-state index contributed by atoms with van der Waals surface area (Å²) in [5, 5.41) is 0. The average molecular weight is 92.1 g/mol. The molecule has 2 atom stereocenters. The third-order valence-corrected chi connectivity index (χ3v) is 1.84. The fraction of sp³-hybridized carbons (Fsp3) is 0.429.